The number of nitrogens with zero attached hydrogens (tertiary/aromatic N) is 2. The predicted octanol–water partition coefficient (Wildman–Crippen LogP) is 3.14. The third-order valence-corrected chi connectivity index (χ3v) is 4.32. The molecule has 7 nitrogen and oxygen atoms in total. The highest BCUT2D eigenvalue weighted by Crippen LogP contribution is 2.40. The first kappa shape index (κ1) is 17.9. The Labute approximate surface area is 143 Å². The minimum absolute atomic E-state index is 0.00574. The summed E-state index contributed by atoms with van der Waals surface area (Å²) < 4.78 is 5.12. The molecule has 0 saturated carbocycles. The number of nitro groups is 1. The fraction of sp³-hybridized carbons (Fsp3) is 0.312. The van der Waals surface area contributed by atoms with Gasteiger partial charge in [0.05, 0.1) is 11.5 Å². The van der Waals surface area contributed by atoms with Crippen LogP contribution in [0.4, 0.5) is 10.7 Å². The smallest absolute Gasteiger partial charge is 0.341 e. The molecule has 8 heteroatoms. The van der Waals surface area contributed by atoms with Gasteiger partial charge in [0.15, 0.2) is 0 Å². The van der Waals surface area contributed by atoms with Gasteiger partial charge < -0.3 is 15.4 Å². The number of non-ortho nitro benzene ring substituents is 1. The number of ether oxygens (including phenoxy) is 1. The van der Waals surface area contributed by atoms with Crippen molar-refractivity contribution in [2.24, 2.45) is 0 Å². The van der Waals surface area contributed by atoms with E-state index in [1.807, 2.05) is 19.0 Å². The van der Waals surface area contributed by atoms with Crippen LogP contribution in [0.5, 0.6) is 0 Å². The number of thiophene rings is 1. The second kappa shape index (κ2) is 7.41. The van der Waals surface area contributed by atoms with E-state index in [4.69, 9.17) is 10.5 Å². The molecule has 0 aliphatic rings. The van der Waals surface area contributed by atoms with Crippen LogP contribution in [0.1, 0.15) is 22.2 Å². The normalized spacial score (nSPS) is 10.8. The van der Waals surface area contributed by atoms with Crippen LogP contribution in [0.15, 0.2) is 24.3 Å². The van der Waals surface area contributed by atoms with Crippen molar-refractivity contribution >= 4 is 28.0 Å². The molecular weight excluding hydrogens is 330 g/mol. The zero-order chi connectivity index (χ0) is 17.9. The lowest BCUT2D eigenvalue weighted by Crippen LogP contribution is -2.11. The molecule has 0 fully saturated rings. The summed E-state index contributed by atoms with van der Waals surface area (Å²) in [7, 11) is 3.83. The third kappa shape index (κ3) is 3.72. The number of benzene rings is 1. The van der Waals surface area contributed by atoms with E-state index in [1.165, 1.54) is 23.5 Å². The number of carbonyl (C=O) groups excluding carboxylic acids is 1. The van der Waals surface area contributed by atoms with Gasteiger partial charge in [-0.2, -0.15) is 0 Å². The molecule has 2 aromatic rings. The van der Waals surface area contributed by atoms with Crippen LogP contribution >= 0.6 is 11.3 Å². The van der Waals surface area contributed by atoms with Crippen molar-refractivity contribution in [2.45, 2.75) is 13.5 Å². The van der Waals surface area contributed by atoms with Crippen molar-refractivity contribution in [3.8, 4) is 11.1 Å². The van der Waals surface area contributed by atoms with E-state index in [9.17, 15) is 14.9 Å². The molecule has 0 unspecified atom stereocenters. The fourth-order valence-electron chi connectivity index (χ4n) is 2.36. The predicted molar refractivity (Wildman–Crippen MR) is 94.2 cm³/mol. The van der Waals surface area contributed by atoms with Gasteiger partial charge >= 0.3 is 5.97 Å². The quantitative estimate of drug-likeness (QED) is 0.489. The van der Waals surface area contributed by atoms with E-state index in [1.54, 1.807) is 19.1 Å². The summed E-state index contributed by atoms with van der Waals surface area (Å²) in [5.41, 5.74) is 7.76. The molecular formula is C16H19N3O4S. The van der Waals surface area contributed by atoms with Gasteiger partial charge in [0.2, 0.25) is 0 Å². The summed E-state index contributed by atoms with van der Waals surface area (Å²) in [4.78, 5) is 25.6. The lowest BCUT2D eigenvalue weighted by Gasteiger charge is -2.11. The molecule has 24 heavy (non-hydrogen) atoms. The van der Waals surface area contributed by atoms with Crippen LogP contribution in [0.25, 0.3) is 11.1 Å². The second-order valence-corrected chi connectivity index (χ2v) is 6.54. The summed E-state index contributed by atoms with van der Waals surface area (Å²) in [6.45, 7) is 2.57. The number of hydrogen-bond donors (Lipinski definition) is 1. The summed E-state index contributed by atoms with van der Waals surface area (Å²) in [5.74, 6) is -0.482. The first-order valence-electron chi connectivity index (χ1n) is 7.33. The lowest BCUT2D eigenvalue weighted by molar-refractivity contribution is -0.384. The van der Waals surface area contributed by atoms with Gasteiger partial charge in [-0.1, -0.05) is 0 Å². The molecule has 2 N–H and O–H groups in total. The van der Waals surface area contributed by atoms with Crippen LogP contribution in [-0.2, 0) is 11.3 Å². The van der Waals surface area contributed by atoms with Crippen molar-refractivity contribution in [1.29, 1.82) is 0 Å². The van der Waals surface area contributed by atoms with Crippen LogP contribution in [0.3, 0.4) is 0 Å². The molecule has 1 aromatic heterocycles. The van der Waals surface area contributed by atoms with Gasteiger partial charge in [0, 0.05) is 29.1 Å². The van der Waals surface area contributed by atoms with Gasteiger partial charge in [-0.05, 0) is 38.7 Å². The standard InChI is InChI=1S/C16H19N3O4S/c1-4-23-16(20)14-13(12(9-18(2)3)24-15(14)17)10-5-7-11(8-6-10)19(21)22/h5-8H,4,9,17H2,1-3H3. The summed E-state index contributed by atoms with van der Waals surface area (Å²) in [6, 6.07) is 6.08. The molecule has 0 spiro atoms. The van der Waals surface area contributed by atoms with Crippen molar-refractivity contribution in [3.05, 3.63) is 44.8 Å². The van der Waals surface area contributed by atoms with Crippen molar-refractivity contribution in [3.63, 3.8) is 0 Å². The SMILES string of the molecule is CCOC(=O)c1c(N)sc(CN(C)C)c1-c1ccc([N+](=O)[O-])cc1. The minimum Gasteiger partial charge on any atom is -0.462 e. The van der Waals surface area contributed by atoms with Gasteiger partial charge in [-0.25, -0.2) is 4.79 Å². The van der Waals surface area contributed by atoms with Gasteiger partial charge in [-0.15, -0.1) is 11.3 Å². The molecule has 0 saturated heterocycles. The molecule has 1 heterocycles. The maximum Gasteiger partial charge on any atom is 0.341 e. The first-order chi connectivity index (χ1) is 11.3. The Kier molecular flexibility index (Phi) is 5.53. The molecule has 0 aliphatic heterocycles. The highest BCUT2D eigenvalue weighted by molar-refractivity contribution is 7.17. The lowest BCUT2D eigenvalue weighted by atomic mass is 10.0. The van der Waals surface area contributed by atoms with Crippen LogP contribution in [0.2, 0.25) is 0 Å². The zero-order valence-electron chi connectivity index (χ0n) is 13.7. The van der Waals surface area contributed by atoms with Crippen LogP contribution < -0.4 is 5.73 Å². The van der Waals surface area contributed by atoms with E-state index < -0.39 is 10.9 Å². The average Bonchev–Trinajstić information content (AvgIpc) is 2.83. The number of rotatable bonds is 6. The van der Waals surface area contributed by atoms with Crippen LogP contribution in [-0.4, -0.2) is 36.5 Å². The van der Waals surface area contributed by atoms with Gasteiger partial charge in [0.25, 0.3) is 5.69 Å². The number of nitrogens with two attached hydrogens (primary N) is 1. The second-order valence-electron chi connectivity index (χ2n) is 5.40. The average molecular weight is 349 g/mol. The molecule has 128 valence electrons. The largest absolute Gasteiger partial charge is 0.462 e. The third-order valence-electron chi connectivity index (χ3n) is 3.31. The number of carbonyl (C=O) groups is 1. The highest BCUT2D eigenvalue weighted by Gasteiger charge is 2.25. The summed E-state index contributed by atoms with van der Waals surface area (Å²) >= 11 is 1.33. The minimum atomic E-state index is -0.482. The van der Waals surface area contributed by atoms with E-state index >= 15 is 0 Å². The molecule has 0 amide bonds. The molecule has 0 atom stereocenters. The van der Waals surface area contributed by atoms with E-state index in [2.05, 4.69) is 0 Å². The Morgan fingerprint density at radius 1 is 1.33 bits per heavy atom. The van der Waals surface area contributed by atoms with Crippen molar-refractivity contribution in [2.75, 3.05) is 26.4 Å². The van der Waals surface area contributed by atoms with Gasteiger partial charge in [0.1, 0.15) is 10.6 Å². The maximum absolute atomic E-state index is 12.3. The zero-order valence-corrected chi connectivity index (χ0v) is 14.6. The number of hydrogen-bond acceptors (Lipinski definition) is 7. The summed E-state index contributed by atoms with van der Waals surface area (Å²) in [5, 5.41) is 11.2. The monoisotopic (exact) mass is 349 g/mol. The molecule has 0 aliphatic carbocycles. The van der Waals surface area contributed by atoms with E-state index in [0.29, 0.717) is 28.2 Å². The Morgan fingerprint density at radius 3 is 2.46 bits per heavy atom. The van der Waals surface area contributed by atoms with Crippen LogP contribution in [0, 0.1) is 10.1 Å². The fourth-order valence-corrected chi connectivity index (χ4v) is 3.55. The molecule has 2 rings (SSSR count). The number of nitro benzene ring substituents is 1. The summed E-state index contributed by atoms with van der Waals surface area (Å²) in [6.07, 6.45) is 0. The Hall–Kier alpha value is -2.45. The number of anilines is 1. The van der Waals surface area contributed by atoms with Crippen molar-refractivity contribution in [1.82, 2.24) is 4.90 Å². The Balaban J connectivity index is 2.59. The molecule has 1 aromatic carbocycles. The van der Waals surface area contributed by atoms with E-state index in [-0.39, 0.29) is 12.3 Å². The van der Waals surface area contributed by atoms with E-state index in [0.717, 1.165) is 4.88 Å². The molecule has 0 radical (unpaired) electrons. The van der Waals surface area contributed by atoms with Gasteiger partial charge in [-0.3, -0.25) is 10.1 Å². The number of nitrogen functional groups attached to an aromatic ring is 1. The molecule has 0 bridgehead atoms. The topological polar surface area (TPSA) is 98.7 Å². The highest BCUT2D eigenvalue weighted by atomic mass is 32.1. The Bertz CT molecular complexity index is 753. The first-order valence-corrected chi connectivity index (χ1v) is 8.14. The maximum atomic E-state index is 12.3. The Morgan fingerprint density at radius 2 is 1.96 bits per heavy atom. The van der Waals surface area contributed by atoms with Crippen molar-refractivity contribution < 1.29 is 14.5 Å². The number of esters is 1.